The van der Waals surface area contributed by atoms with Crippen LogP contribution in [0.4, 0.5) is 0 Å². The Morgan fingerprint density at radius 2 is 2.53 bits per heavy atom. The molecular weight excluding hydrogens is 240 g/mol. The minimum Gasteiger partial charge on any atom is -0.461 e. The fourth-order valence-corrected chi connectivity index (χ4v) is 2.37. The van der Waals surface area contributed by atoms with Gasteiger partial charge in [0.1, 0.15) is 0 Å². The quantitative estimate of drug-likeness (QED) is 0.757. The molecule has 0 saturated carbocycles. The summed E-state index contributed by atoms with van der Waals surface area (Å²) >= 11 is 1.36. The monoisotopic (exact) mass is 254 g/mol. The van der Waals surface area contributed by atoms with Gasteiger partial charge < -0.3 is 9.64 Å². The maximum atomic E-state index is 11.5. The van der Waals surface area contributed by atoms with Crippen molar-refractivity contribution < 1.29 is 14.3 Å². The Bertz CT molecular complexity index is 405. The zero-order valence-electron chi connectivity index (χ0n) is 9.59. The highest BCUT2D eigenvalue weighted by Crippen LogP contribution is 2.18. The molecule has 0 aliphatic carbocycles. The molecule has 0 bridgehead atoms. The number of ether oxygens (including phenoxy) is 1. The minimum absolute atomic E-state index is 0.116. The maximum Gasteiger partial charge on any atom is 0.357 e. The van der Waals surface area contributed by atoms with Crippen LogP contribution in [-0.2, 0) is 9.53 Å². The number of hydrogen-bond acceptors (Lipinski definition) is 5. The first-order chi connectivity index (χ1) is 8.20. The average molecular weight is 254 g/mol. The van der Waals surface area contributed by atoms with Gasteiger partial charge in [0.25, 0.3) is 0 Å². The number of aromatic nitrogens is 1. The van der Waals surface area contributed by atoms with Crippen LogP contribution in [0, 0.1) is 5.92 Å². The fraction of sp³-hybridized carbons (Fsp3) is 0.545. The molecule has 2 heterocycles. The van der Waals surface area contributed by atoms with Crippen molar-refractivity contribution >= 4 is 23.2 Å². The SMILES string of the molecule is CCN1C[C@H](COC(=O)c2cscn2)CC1=O. The molecule has 0 radical (unpaired) electrons. The van der Waals surface area contributed by atoms with E-state index in [0.29, 0.717) is 25.3 Å². The van der Waals surface area contributed by atoms with Crippen LogP contribution in [0.15, 0.2) is 10.9 Å². The van der Waals surface area contributed by atoms with Crippen molar-refractivity contribution in [3.63, 3.8) is 0 Å². The number of hydrogen-bond donors (Lipinski definition) is 0. The van der Waals surface area contributed by atoms with Gasteiger partial charge in [-0.15, -0.1) is 11.3 Å². The fourth-order valence-electron chi connectivity index (χ4n) is 1.85. The molecule has 5 nitrogen and oxygen atoms in total. The number of nitrogens with zero attached hydrogens (tertiary/aromatic N) is 2. The average Bonchev–Trinajstić information content (AvgIpc) is 2.95. The van der Waals surface area contributed by atoms with Crippen LogP contribution in [0.5, 0.6) is 0 Å². The number of carbonyl (C=O) groups is 2. The Kier molecular flexibility index (Phi) is 3.73. The third-order valence-corrected chi connectivity index (χ3v) is 3.35. The van der Waals surface area contributed by atoms with Gasteiger partial charge in [-0.25, -0.2) is 9.78 Å². The number of thiazole rings is 1. The van der Waals surface area contributed by atoms with Gasteiger partial charge in [0, 0.05) is 30.8 Å². The van der Waals surface area contributed by atoms with Gasteiger partial charge in [-0.05, 0) is 6.92 Å². The van der Waals surface area contributed by atoms with E-state index in [9.17, 15) is 9.59 Å². The van der Waals surface area contributed by atoms with E-state index in [-0.39, 0.29) is 11.8 Å². The highest BCUT2D eigenvalue weighted by molar-refractivity contribution is 7.07. The molecule has 17 heavy (non-hydrogen) atoms. The Morgan fingerprint density at radius 3 is 3.12 bits per heavy atom. The van der Waals surface area contributed by atoms with Gasteiger partial charge >= 0.3 is 5.97 Å². The Balaban J connectivity index is 1.80. The standard InChI is InChI=1S/C11H14N2O3S/c1-2-13-4-8(3-10(13)14)5-16-11(15)9-6-17-7-12-9/h6-8H,2-5H2,1H3/t8-/m1/s1. The second-order valence-corrected chi connectivity index (χ2v) is 4.69. The summed E-state index contributed by atoms with van der Waals surface area (Å²) in [6, 6.07) is 0. The largest absolute Gasteiger partial charge is 0.461 e. The highest BCUT2D eigenvalue weighted by atomic mass is 32.1. The number of amides is 1. The molecule has 1 amide bonds. The van der Waals surface area contributed by atoms with Crippen molar-refractivity contribution in [1.29, 1.82) is 0 Å². The van der Waals surface area contributed by atoms with Crippen LogP contribution < -0.4 is 0 Å². The molecule has 1 fully saturated rings. The third-order valence-electron chi connectivity index (χ3n) is 2.77. The molecule has 0 spiro atoms. The molecule has 0 aromatic carbocycles. The summed E-state index contributed by atoms with van der Waals surface area (Å²) in [6.45, 7) is 3.63. The van der Waals surface area contributed by atoms with Crippen LogP contribution in [0.3, 0.4) is 0 Å². The second-order valence-electron chi connectivity index (χ2n) is 3.97. The van der Waals surface area contributed by atoms with Gasteiger partial charge in [0.05, 0.1) is 12.1 Å². The van der Waals surface area contributed by atoms with Crippen molar-refractivity contribution in [2.24, 2.45) is 5.92 Å². The van der Waals surface area contributed by atoms with Gasteiger partial charge in [-0.1, -0.05) is 0 Å². The Hall–Kier alpha value is -1.43. The first-order valence-corrected chi connectivity index (χ1v) is 6.48. The Labute approximate surface area is 103 Å². The zero-order chi connectivity index (χ0) is 12.3. The number of esters is 1. The first-order valence-electron chi connectivity index (χ1n) is 5.53. The van der Waals surface area contributed by atoms with Crippen molar-refractivity contribution in [1.82, 2.24) is 9.88 Å². The summed E-state index contributed by atoms with van der Waals surface area (Å²) in [5, 5.41) is 1.65. The van der Waals surface area contributed by atoms with E-state index >= 15 is 0 Å². The van der Waals surface area contributed by atoms with Crippen LogP contribution >= 0.6 is 11.3 Å². The molecule has 6 heteroatoms. The van der Waals surface area contributed by atoms with Gasteiger partial charge in [-0.2, -0.15) is 0 Å². The lowest BCUT2D eigenvalue weighted by molar-refractivity contribution is -0.127. The molecule has 1 atom stereocenters. The van der Waals surface area contributed by atoms with Crippen molar-refractivity contribution in [2.45, 2.75) is 13.3 Å². The van der Waals surface area contributed by atoms with Crippen molar-refractivity contribution in [3.05, 3.63) is 16.6 Å². The molecule has 2 rings (SSSR count). The zero-order valence-corrected chi connectivity index (χ0v) is 10.4. The van der Waals surface area contributed by atoms with E-state index in [1.54, 1.807) is 15.8 Å². The van der Waals surface area contributed by atoms with Gasteiger partial charge in [0.15, 0.2) is 5.69 Å². The van der Waals surface area contributed by atoms with Crippen molar-refractivity contribution in [3.8, 4) is 0 Å². The molecular formula is C11H14N2O3S. The summed E-state index contributed by atoms with van der Waals surface area (Å²) in [6.07, 6.45) is 0.470. The van der Waals surface area contributed by atoms with E-state index in [1.165, 1.54) is 11.3 Å². The molecule has 0 N–H and O–H groups in total. The smallest absolute Gasteiger partial charge is 0.357 e. The van der Waals surface area contributed by atoms with E-state index in [4.69, 9.17) is 4.74 Å². The summed E-state index contributed by atoms with van der Waals surface area (Å²) in [5.41, 5.74) is 1.93. The van der Waals surface area contributed by atoms with Crippen LogP contribution in [0.1, 0.15) is 23.8 Å². The third kappa shape index (κ3) is 2.82. The molecule has 0 unspecified atom stereocenters. The van der Waals surface area contributed by atoms with E-state index in [0.717, 1.165) is 6.54 Å². The summed E-state index contributed by atoms with van der Waals surface area (Å²) < 4.78 is 5.14. The lowest BCUT2D eigenvalue weighted by Gasteiger charge is -2.13. The number of carbonyl (C=O) groups excluding carboxylic acids is 2. The van der Waals surface area contributed by atoms with Gasteiger partial charge in [0.2, 0.25) is 5.91 Å². The lowest BCUT2D eigenvalue weighted by atomic mass is 10.1. The lowest BCUT2D eigenvalue weighted by Crippen LogP contribution is -2.25. The molecule has 1 saturated heterocycles. The predicted octanol–water partition coefficient (Wildman–Crippen LogP) is 1.17. The van der Waals surface area contributed by atoms with Crippen LogP contribution in [0.25, 0.3) is 0 Å². The first kappa shape index (κ1) is 12.0. The van der Waals surface area contributed by atoms with Crippen molar-refractivity contribution in [2.75, 3.05) is 19.7 Å². The highest BCUT2D eigenvalue weighted by Gasteiger charge is 2.29. The normalized spacial score (nSPS) is 19.7. The molecule has 92 valence electrons. The molecule has 1 aromatic rings. The summed E-state index contributed by atoms with van der Waals surface area (Å²) in [4.78, 5) is 28.6. The number of likely N-dealkylation sites (tertiary alicyclic amines) is 1. The topological polar surface area (TPSA) is 59.5 Å². The summed E-state index contributed by atoms with van der Waals surface area (Å²) in [7, 11) is 0. The maximum absolute atomic E-state index is 11.5. The predicted molar refractivity (Wildman–Crippen MR) is 62.8 cm³/mol. The Morgan fingerprint density at radius 1 is 1.71 bits per heavy atom. The molecule has 1 aliphatic heterocycles. The number of rotatable bonds is 4. The molecule has 1 aromatic heterocycles. The van der Waals surface area contributed by atoms with E-state index < -0.39 is 5.97 Å². The summed E-state index contributed by atoms with van der Waals surface area (Å²) in [5.74, 6) is -0.152. The van der Waals surface area contributed by atoms with E-state index in [2.05, 4.69) is 4.98 Å². The van der Waals surface area contributed by atoms with Crippen LogP contribution in [-0.4, -0.2) is 41.5 Å². The van der Waals surface area contributed by atoms with Crippen LogP contribution in [0.2, 0.25) is 0 Å². The molecule has 1 aliphatic rings. The minimum atomic E-state index is -0.409. The second kappa shape index (κ2) is 5.27. The van der Waals surface area contributed by atoms with Gasteiger partial charge in [-0.3, -0.25) is 4.79 Å². The van der Waals surface area contributed by atoms with E-state index in [1.807, 2.05) is 6.92 Å².